The number of rotatable bonds is 6. The Kier molecular flexibility index (Phi) is 6.49. The van der Waals surface area contributed by atoms with Crippen molar-refractivity contribution < 1.29 is 28.9 Å². The largest absolute Gasteiger partial charge is 0.459 e. The number of ether oxygens (including phenoxy) is 3. The monoisotopic (exact) mass is 388 g/mol. The first-order valence-corrected chi connectivity index (χ1v) is 9.73. The van der Waals surface area contributed by atoms with Crippen LogP contribution in [0.15, 0.2) is 60.7 Å². The van der Waals surface area contributed by atoms with Gasteiger partial charge in [-0.25, -0.2) is 9.59 Å². The molecule has 0 spiro atoms. The van der Waals surface area contributed by atoms with Gasteiger partial charge in [-0.3, -0.25) is 0 Å². The zero-order valence-corrected chi connectivity index (χ0v) is 15.5. The summed E-state index contributed by atoms with van der Waals surface area (Å²) >= 11 is 1.33. The van der Waals surface area contributed by atoms with Crippen molar-refractivity contribution in [1.29, 1.82) is 0 Å². The normalized spacial score (nSPS) is 24.4. The Morgan fingerprint density at radius 3 is 2.11 bits per heavy atom. The zero-order chi connectivity index (χ0) is 19.2. The van der Waals surface area contributed by atoms with Crippen molar-refractivity contribution in [3.05, 3.63) is 71.8 Å². The first-order chi connectivity index (χ1) is 13.1. The SMILES string of the molecule is CS[C@@H]1[C@H](OC(=O)c2ccccc2)[C@H](COC(=O)c2ccccc2)O[C@@H]1O. The second-order valence-electron chi connectivity index (χ2n) is 5.97. The third-order valence-corrected chi connectivity index (χ3v) is 5.24. The number of benzene rings is 2. The molecule has 2 aromatic rings. The molecule has 0 unspecified atom stereocenters. The quantitative estimate of drug-likeness (QED) is 0.762. The zero-order valence-electron chi connectivity index (χ0n) is 14.7. The van der Waals surface area contributed by atoms with E-state index in [0.717, 1.165) is 0 Å². The van der Waals surface area contributed by atoms with Gasteiger partial charge in [0.1, 0.15) is 18.8 Å². The molecule has 3 rings (SSSR count). The summed E-state index contributed by atoms with van der Waals surface area (Å²) in [6.07, 6.45) is -0.822. The number of carbonyl (C=O) groups excluding carboxylic acids is 2. The Balaban J connectivity index is 1.67. The van der Waals surface area contributed by atoms with E-state index < -0.39 is 35.7 Å². The van der Waals surface area contributed by atoms with E-state index in [1.54, 1.807) is 66.9 Å². The van der Waals surface area contributed by atoms with Gasteiger partial charge in [0.05, 0.1) is 16.4 Å². The molecule has 1 N–H and O–H groups in total. The second-order valence-corrected chi connectivity index (χ2v) is 6.98. The smallest absolute Gasteiger partial charge is 0.338 e. The van der Waals surface area contributed by atoms with Crippen molar-refractivity contribution in [2.45, 2.75) is 23.7 Å². The minimum atomic E-state index is -1.12. The van der Waals surface area contributed by atoms with E-state index in [1.807, 2.05) is 0 Å². The number of esters is 2. The van der Waals surface area contributed by atoms with Gasteiger partial charge in [0.25, 0.3) is 0 Å². The molecule has 1 aliphatic rings. The maximum Gasteiger partial charge on any atom is 0.338 e. The molecule has 27 heavy (non-hydrogen) atoms. The average Bonchev–Trinajstić information content (AvgIpc) is 3.01. The van der Waals surface area contributed by atoms with Gasteiger partial charge in [-0.15, -0.1) is 0 Å². The van der Waals surface area contributed by atoms with Crippen LogP contribution in [0.3, 0.4) is 0 Å². The van der Waals surface area contributed by atoms with E-state index in [2.05, 4.69) is 0 Å². The fourth-order valence-electron chi connectivity index (χ4n) is 2.82. The molecule has 0 aromatic heterocycles. The van der Waals surface area contributed by atoms with Crippen LogP contribution >= 0.6 is 11.8 Å². The van der Waals surface area contributed by atoms with Crippen LogP contribution in [0, 0.1) is 0 Å². The van der Waals surface area contributed by atoms with Crippen LogP contribution in [0.1, 0.15) is 20.7 Å². The fourth-order valence-corrected chi connectivity index (χ4v) is 3.61. The van der Waals surface area contributed by atoms with Crippen LogP contribution in [0.25, 0.3) is 0 Å². The van der Waals surface area contributed by atoms with Crippen molar-refractivity contribution in [2.75, 3.05) is 12.9 Å². The number of hydrogen-bond acceptors (Lipinski definition) is 7. The highest BCUT2D eigenvalue weighted by atomic mass is 32.2. The molecule has 2 aromatic carbocycles. The summed E-state index contributed by atoms with van der Waals surface area (Å²) in [6.45, 7) is -0.130. The highest BCUT2D eigenvalue weighted by Crippen LogP contribution is 2.31. The molecule has 1 saturated heterocycles. The molecule has 7 heteroatoms. The van der Waals surface area contributed by atoms with Crippen LogP contribution < -0.4 is 0 Å². The van der Waals surface area contributed by atoms with E-state index in [1.165, 1.54) is 11.8 Å². The topological polar surface area (TPSA) is 82.1 Å². The van der Waals surface area contributed by atoms with Gasteiger partial charge in [0.2, 0.25) is 0 Å². The lowest BCUT2D eigenvalue weighted by Crippen LogP contribution is -2.37. The fraction of sp³-hybridized carbons (Fsp3) is 0.300. The number of aliphatic hydroxyl groups is 1. The van der Waals surface area contributed by atoms with Crippen molar-refractivity contribution in [3.63, 3.8) is 0 Å². The number of carbonyl (C=O) groups is 2. The summed E-state index contributed by atoms with van der Waals surface area (Å²) in [7, 11) is 0. The summed E-state index contributed by atoms with van der Waals surface area (Å²) in [5.74, 6) is -1.02. The van der Waals surface area contributed by atoms with Crippen molar-refractivity contribution in [1.82, 2.24) is 0 Å². The highest BCUT2D eigenvalue weighted by Gasteiger charge is 2.46. The third kappa shape index (κ3) is 4.68. The maximum atomic E-state index is 12.4. The van der Waals surface area contributed by atoms with Gasteiger partial charge < -0.3 is 19.3 Å². The van der Waals surface area contributed by atoms with Crippen molar-refractivity contribution >= 4 is 23.7 Å². The summed E-state index contributed by atoms with van der Waals surface area (Å²) in [5.41, 5.74) is 0.814. The predicted octanol–water partition coefficient (Wildman–Crippen LogP) is 2.52. The average molecular weight is 388 g/mol. The summed E-state index contributed by atoms with van der Waals surface area (Å²) in [5, 5.41) is 9.65. The van der Waals surface area contributed by atoms with Crippen molar-refractivity contribution in [3.8, 4) is 0 Å². The molecule has 0 bridgehead atoms. The predicted molar refractivity (Wildman–Crippen MR) is 101 cm³/mol. The van der Waals surface area contributed by atoms with E-state index in [9.17, 15) is 14.7 Å². The van der Waals surface area contributed by atoms with E-state index >= 15 is 0 Å². The molecular formula is C20H20O6S. The minimum Gasteiger partial charge on any atom is -0.459 e. The lowest BCUT2D eigenvalue weighted by Gasteiger charge is -2.22. The second kappa shape index (κ2) is 9.03. The molecule has 1 fully saturated rings. The molecule has 1 heterocycles. The van der Waals surface area contributed by atoms with Crippen LogP contribution in [-0.4, -0.2) is 53.7 Å². The van der Waals surface area contributed by atoms with Gasteiger partial charge in [-0.1, -0.05) is 36.4 Å². The summed E-state index contributed by atoms with van der Waals surface area (Å²) in [4.78, 5) is 24.5. The third-order valence-electron chi connectivity index (χ3n) is 4.20. The van der Waals surface area contributed by atoms with Gasteiger partial charge in [0, 0.05) is 0 Å². The Morgan fingerprint density at radius 1 is 1.00 bits per heavy atom. The molecule has 0 saturated carbocycles. The van der Waals surface area contributed by atoms with Crippen molar-refractivity contribution in [2.24, 2.45) is 0 Å². The van der Waals surface area contributed by atoms with Gasteiger partial charge in [-0.05, 0) is 30.5 Å². The molecule has 142 valence electrons. The molecule has 0 radical (unpaired) electrons. The number of hydrogen-bond donors (Lipinski definition) is 1. The Hall–Kier alpha value is -2.35. The highest BCUT2D eigenvalue weighted by molar-refractivity contribution is 7.99. The van der Waals surface area contributed by atoms with Gasteiger partial charge in [-0.2, -0.15) is 11.8 Å². The lowest BCUT2D eigenvalue weighted by atomic mass is 10.1. The Morgan fingerprint density at radius 2 is 1.56 bits per heavy atom. The van der Waals surface area contributed by atoms with Gasteiger partial charge in [0.15, 0.2) is 6.29 Å². The molecule has 6 nitrogen and oxygen atoms in total. The van der Waals surface area contributed by atoms with Crippen LogP contribution in [-0.2, 0) is 14.2 Å². The van der Waals surface area contributed by atoms with E-state index in [-0.39, 0.29) is 6.61 Å². The maximum absolute atomic E-state index is 12.4. The molecule has 1 aliphatic heterocycles. The summed E-state index contributed by atoms with van der Waals surface area (Å²) < 4.78 is 16.4. The van der Waals surface area contributed by atoms with Crippen LogP contribution in [0.4, 0.5) is 0 Å². The molecule has 0 aliphatic carbocycles. The first kappa shape index (κ1) is 19.4. The van der Waals surface area contributed by atoms with Gasteiger partial charge >= 0.3 is 11.9 Å². The first-order valence-electron chi connectivity index (χ1n) is 8.44. The number of thioether (sulfide) groups is 1. The lowest BCUT2D eigenvalue weighted by molar-refractivity contribution is -0.109. The molecular weight excluding hydrogens is 368 g/mol. The Labute approximate surface area is 161 Å². The van der Waals surface area contributed by atoms with Crippen LogP contribution in [0.2, 0.25) is 0 Å². The summed E-state index contributed by atoms with van der Waals surface area (Å²) in [6, 6.07) is 17.1. The van der Waals surface area contributed by atoms with E-state index in [0.29, 0.717) is 11.1 Å². The minimum absolute atomic E-state index is 0.130. The molecule has 0 amide bonds. The number of aliphatic hydroxyl groups excluding tert-OH is 1. The molecule has 4 atom stereocenters. The van der Waals surface area contributed by atoms with Crippen LogP contribution in [0.5, 0.6) is 0 Å². The van der Waals surface area contributed by atoms with E-state index in [4.69, 9.17) is 14.2 Å². The standard InChI is InChI=1S/C20H20O6S/c1-27-17-16(26-19(22)14-10-6-3-7-11-14)15(25-20(17)23)12-24-18(21)13-8-4-2-5-9-13/h2-11,15-17,20,23H,12H2,1H3/t15-,16+,17+,20-/m0/s1. The Bertz CT molecular complexity index is 767.